The molecule has 17 heavy (non-hydrogen) atoms. The number of fused-ring (bicyclic) bond motifs is 1. The van der Waals surface area contributed by atoms with Gasteiger partial charge in [-0.15, -0.1) is 0 Å². The number of hydrogen-bond donors (Lipinski definition) is 0. The van der Waals surface area contributed by atoms with Gasteiger partial charge in [-0.1, -0.05) is 0 Å². The highest BCUT2D eigenvalue weighted by Crippen LogP contribution is 2.40. The van der Waals surface area contributed by atoms with Crippen LogP contribution >= 0.6 is 0 Å². The lowest BCUT2D eigenvalue weighted by atomic mass is 10.0. The topological polar surface area (TPSA) is 38.8 Å². The van der Waals surface area contributed by atoms with Gasteiger partial charge in [-0.3, -0.25) is 4.79 Å². The fourth-order valence-corrected chi connectivity index (χ4v) is 2.05. The lowest BCUT2D eigenvalue weighted by Gasteiger charge is -2.37. The van der Waals surface area contributed by atoms with Crippen molar-refractivity contribution in [2.75, 3.05) is 19.1 Å². The van der Waals surface area contributed by atoms with Gasteiger partial charge < -0.3 is 14.4 Å². The molecule has 0 N–H and O–H groups in total. The molecule has 0 fully saturated rings. The Kier molecular flexibility index (Phi) is 2.53. The maximum Gasteiger partial charge on any atom is 0.270 e. The first-order chi connectivity index (χ1) is 7.86. The first-order valence-electron chi connectivity index (χ1n) is 5.52. The number of amides is 1. The van der Waals surface area contributed by atoms with Crippen LogP contribution in [-0.4, -0.2) is 25.7 Å². The van der Waals surface area contributed by atoms with E-state index in [1.54, 1.807) is 32.9 Å². The van der Waals surface area contributed by atoms with Crippen molar-refractivity contribution in [1.82, 2.24) is 0 Å². The molecule has 0 saturated heterocycles. The van der Waals surface area contributed by atoms with E-state index in [1.165, 1.54) is 0 Å². The summed E-state index contributed by atoms with van der Waals surface area (Å²) in [5.74, 6) is 1.41. The summed E-state index contributed by atoms with van der Waals surface area (Å²) in [6.45, 7) is 5.49. The summed E-state index contributed by atoms with van der Waals surface area (Å²) in [6, 6.07) is 3.73. The number of methoxy groups -OCH3 is 1. The van der Waals surface area contributed by atoms with E-state index >= 15 is 0 Å². The number of rotatable bonds is 1. The summed E-state index contributed by atoms with van der Waals surface area (Å²) < 4.78 is 11.0. The van der Waals surface area contributed by atoms with Gasteiger partial charge in [0.05, 0.1) is 12.8 Å². The van der Waals surface area contributed by atoms with Crippen LogP contribution in [0.3, 0.4) is 0 Å². The van der Waals surface area contributed by atoms with Crippen molar-refractivity contribution in [1.29, 1.82) is 0 Å². The first-order valence-corrected chi connectivity index (χ1v) is 5.52. The molecule has 0 saturated carbocycles. The van der Waals surface area contributed by atoms with Gasteiger partial charge in [0.25, 0.3) is 5.91 Å². The lowest BCUT2D eigenvalue weighted by Crippen LogP contribution is -2.50. The van der Waals surface area contributed by atoms with E-state index in [9.17, 15) is 4.79 Å². The second-order valence-electron chi connectivity index (χ2n) is 4.77. The van der Waals surface area contributed by atoms with Gasteiger partial charge in [-0.05, 0) is 32.4 Å². The van der Waals surface area contributed by atoms with Gasteiger partial charge in [-0.2, -0.15) is 0 Å². The molecule has 0 aliphatic carbocycles. The van der Waals surface area contributed by atoms with Crippen LogP contribution in [0.25, 0.3) is 0 Å². The Morgan fingerprint density at radius 1 is 1.35 bits per heavy atom. The van der Waals surface area contributed by atoms with Crippen molar-refractivity contribution >= 4 is 11.6 Å². The molecule has 1 aliphatic rings. The summed E-state index contributed by atoms with van der Waals surface area (Å²) >= 11 is 0. The van der Waals surface area contributed by atoms with Crippen LogP contribution in [0.1, 0.15) is 19.4 Å². The fraction of sp³-hybridized carbons (Fsp3) is 0.462. The Morgan fingerprint density at radius 3 is 2.59 bits per heavy atom. The van der Waals surface area contributed by atoms with Gasteiger partial charge in [0, 0.05) is 13.1 Å². The minimum atomic E-state index is -0.817. The van der Waals surface area contributed by atoms with E-state index in [1.807, 2.05) is 19.1 Å². The first kappa shape index (κ1) is 11.8. The largest absolute Gasteiger partial charge is 0.496 e. The molecule has 2 rings (SSSR count). The molecule has 0 spiro atoms. The van der Waals surface area contributed by atoms with Crippen molar-refractivity contribution < 1.29 is 14.3 Å². The number of benzene rings is 1. The number of carbonyl (C=O) groups excluding carboxylic acids is 1. The van der Waals surface area contributed by atoms with Gasteiger partial charge in [0.2, 0.25) is 0 Å². The van der Waals surface area contributed by atoms with E-state index in [2.05, 4.69) is 0 Å². The summed E-state index contributed by atoms with van der Waals surface area (Å²) in [6.07, 6.45) is 0. The molecule has 1 aliphatic heterocycles. The van der Waals surface area contributed by atoms with Gasteiger partial charge in [0.1, 0.15) is 11.5 Å². The molecule has 1 heterocycles. The molecular formula is C13H17NO3. The second-order valence-corrected chi connectivity index (χ2v) is 4.77. The van der Waals surface area contributed by atoms with Gasteiger partial charge >= 0.3 is 0 Å². The fourth-order valence-electron chi connectivity index (χ4n) is 2.05. The minimum Gasteiger partial charge on any atom is -0.496 e. The highest BCUT2D eigenvalue weighted by Gasteiger charge is 2.39. The molecule has 4 nitrogen and oxygen atoms in total. The smallest absolute Gasteiger partial charge is 0.270 e. The number of aryl methyl sites for hydroxylation is 1. The van der Waals surface area contributed by atoms with Crippen LogP contribution in [0, 0.1) is 6.92 Å². The van der Waals surface area contributed by atoms with E-state index < -0.39 is 5.60 Å². The van der Waals surface area contributed by atoms with Crippen LogP contribution in [0.4, 0.5) is 5.69 Å². The van der Waals surface area contributed by atoms with Crippen LogP contribution in [0.2, 0.25) is 0 Å². The normalized spacial score (nSPS) is 17.5. The molecule has 1 aromatic rings. The Bertz CT molecular complexity index is 480. The average molecular weight is 235 g/mol. The molecule has 0 unspecified atom stereocenters. The highest BCUT2D eigenvalue weighted by molar-refractivity contribution is 6.02. The molecule has 92 valence electrons. The zero-order valence-corrected chi connectivity index (χ0v) is 10.8. The third-order valence-corrected chi connectivity index (χ3v) is 3.02. The minimum absolute atomic E-state index is 0.0593. The molecule has 0 aromatic heterocycles. The standard InChI is InChI=1S/C13H17NO3/c1-8-6-11-9(7-10(8)16-5)14(4)12(15)13(2,3)17-11/h6-7H,1-5H3. The predicted octanol–water partition coefficient (Wildman–Crippen LogP) is 2.14. The number of nitrogens with zero attached hydrogens (tertiary/aromatic N) is 1. The molecule has 0 atom stereocenters. The number of hydrogen-bond acceptors (Lipinski definition) is 3. The third-order valence-electron chi connectivity index (χ3n) is 3.02. The van der Waals surface area contributed by atoms with Gasteiger partial charge in [-0.25, -0.2) is 0 Å². The zero-order valence-electron chi connectivity index (χ0n) is 10.8. The maximum atomic E-state index is 12.1. The SMILES string of the molecule is COc1cc2c(cc1C)OC(C)(C)C(=O)N2C. The highest BCUT2D eigenvalue weighted by atomic mass is 16.5. The summed E-state index contributed by atoms with van der Waals surface area (Å²) in [5.41, 5.74) is 0.921. The predicted molar refractivity (Wildman–Crippen MR) is 65.8 cm³/mol. The maximum absolute atomic E-state index is 12.1. The second kappa shape index (κ2) is 3.65. The summed E-state index contributed by atoms with van der Waals surface area (Å²) in [7, 11) is 3.37. The number of carbonyl (C=O) groups is 1. The molecule has 1 aromatic carbocycles. The summed E-state index contributed by atoms with van der Waals surface area (Å²) in [5, 5.41) is 0. The van der Waals surface area contributed by atoms with E-state index in [0.717, 1.165) is 22.7 Å². The van der Waals surface area contributed by atoms with E-state index in [-0.39, 0.29) is 5.91 Å². The van der Waals surface area contributed by atoms with Crippen LogP contribution in [0.5, 0.6) is 11.5 Å². The zero-order chi connectivity index (χ0) is 12.8. The van der Waals surface area contributed by atoms with Crippen LogP contribution in [0.15, 0.2) is 12.1 Å². The van der Waals surface area contributed by atoms with Crippen molar-refractivity contribution in [2.45, 2.75) is 26.4 Å². The number of likely N-dealkylation sites (N-methyl/N-ethyl adjacent to an activating group) is 1. The number of anilines is 1. The summed E-state index contributed by atoms with van der Waals surface area (Å²) in [4.78, 5) is 13.7. The third kappa shape index (κ3) is 1.73. The lowest BCUT2D eigenvalue weighted by molar-refractivity contribution is -0.132. The van der Waals surface area contributed by atoms with Gasteiger partial charge in [0.15, 0.2) is 5.60 Å². The van der Waals surface area contributed by atoms with Crippen LogP contribution in [-0.2, 0) is 4.79 Å². The van der Waals surface area contributed by atoms with Crippen LogP contribution < -0.4 is 14.4 Å². The number of ether oxygens (including phenoxy) is 2. The molecule has 0 bridgehead atoms. The Hall–Kier alpha value is -1.71. The van der Waals surface area contributed by atoms with Crippen molar-refractivity contribution in [3.05, 3.63) is 17.7 Å². The Labute approximate surface area is 101 Å². The molecular weight excluding hydrogens is 218 g/mol. The average Bonchev–Trinajstić information content (AvgIpc) is 2.25. The Balaban J connectivity index is 2.57. The van der Waals surface area contributed by atoms with E-state index in [0.29, 0.717) is 0 Å². The Morgan fingerprint density at radius 2 is 2.00 bits per heavy atom. The van der Waals surface area contributed by atoms with E-state index in [4.69, 9.17) is 9.47 Å². The monoisotopic (exact) mass is 235 g/mol. The molecule has 4 heteroatoms. The molecule has 1 amide bonds. The van der Waals surface area contributed by atoms with Crippen molar-refractivity contribution in [3.63, 3.8) is 0 Å². The molecule has 0 radical (unpaired) electrons. The van der Waals surface area contributed by atoms with Crippen molar-refractivity contribution in [2.24, 2.45) is 0 Å². The quantitative estimate of drug-likeness (QED) is 0.748. The van der Waals surface area contributed by atoms with Crippen molar-refractivity contribution in [3.8, 4) is 11.5 Å².